The van der Waals surface area contributed by atoms with E-state index in [0.717, 1.165) is 90.5 Å². The number of pyridine rings is 4. The summed E-state index contributed by atoms with van der Waals surface area (Å²) < 4.78 is 0. The number of nitrogens with zero attached hydrogens (tertiary/aromatic N) is 8. The molecule has 0 bridgehead atoms. The number of benzene rings is 5. The lowest BCUT2D eigenvalue weighted by Crippen LogP contribution is -2.65. The lowest BCUT2D eigenvalue weighted by Gasteiger charge is -2.46. The highest BCUT2D eigenvalue weighted by Crippen LogP contribution is 2.47. The average molecular weight is 766 g/mol. The molecule has 0 spiro atoms. The lowest BCUT2D eigenvalue weighted by molar-refractivity contribution is 1.14. The Morgan fingerprint density at radius 1 is 0.317 bits per heavy atom. The normalized spacial score (nSPS) is 13.8. The van der Waals surface area contributed by atoms with Crippen LogP contribution < -0.4 is 52.4 Å². The third-order valence-corrected chi connectivity index (χ3v) is 12.4. The van der Waals surface area contributed by atoms with Crippen LogP contribution in [-0.4, -0.2) is 33.4 Å². The van der Waals surface area contributed by atoms with Crippen LogP contribution in [0, 0.1) is 0 Å². The molecule has 0 atom stereocenters. The van der Waals surface area contributed by atoms with Gasteiger partial charge in [0.05, 0.1) is 0 Å². The predicted octanol–water partition coefficient (Wildman–Crippen LogP) is 7.43. The van der Waals surface area contributed by atoms with Gasteiger partial charge in [-0.25, -0.2) is 15.0 Å². The first kappa shape index (κ1) is 33.0. The fourth-order valence-electron chi connectivity index (χ4n) is 10.1. The van der Waals surface area contributed by atoms with Crippen molar-refractivity contribution in [3.63, 3.8) is 0 Å². The van der Waals surface area contributed by atoms with E-state index in [1.165, 1.54) is 10.9 Å². The van der Waals surface area contributed by atoms with Crippen LogP contribution in [0.4, 0.5) is 68.6 Å². The van der Waals surface area contributed by atoms with Crippen molar-refractivity contribution in [2.45, 2.75) is 0 Å². The molecule has 9 aromatic rings. The molecule has 4 aliphatic heterocycles. The summed E-state index contributed by atoms with van der Waals surface area (Å²) in [7, 11) is 0. The van der Waals surface area contributed by atoms with Crippen molar-refractivity contribution in [2.75, 3.05) is 19.6 Å². The maximum atomic E-state index is 5.26. The summed E-state index contributed by atoms with van der Waals surface area (Å²) >= 11 is 0. The summed E-state index contributed by atoms with van der Waals surface area (Å²) in [6.45, 7) is -0.296. The van der Waals surface area contributed by atoms with Gasteiger partial charge < -0.3 is 4.90 Å². The molecule has 0 saturated heterocycles. The number of aromatic nitrogens is 4. The van der Waals surface area contributed by atoms with Crippen LogP contribution >= 0.6 is 0 Å². The van der Waals surface area contributed by atoms with E-state index >= 15 is 0 Å². The Hall–Kier alpha value is -7.97. The van der Waals surface area contributed by atoms with Crippen molar-refractivity contribution in [3.8, 4) is 0 Å². The summed E-state index contributed by atoms with van der Waals surface area (Å²) in [5.74, 6) is 2.75. The Bertz CT molecular complexity index is 2940. The number of hydrogen-bond acceptors (Lipinski definition) is 8. The minimum atomic E-state index is -0.148. The summed E-state index contributed by atoms with van der Waals surface area (Å²) in [6.07, 6.45) is 9.75. The SMILES string of the molecule is c1ccc(N2c3cc4c(cc3B3c5cnccc5N(c5ccccc5)c5nccc2c53)B2c3cccnc3N(c3ccccc3)c3ccnc(c32)N4c2ccccc2)cc1. The monoisotopic (exact) mass is 766 g/mol. The van der Waals surface area contributed by atoms with Crippen LogP contribution in [0.5, 0.6) is 0 Å². The van der Waals surface area contributed by atoms with E-state index in [1.807, 2.05) is 24.8 Å². The van der Waals surface area contributed by atoms with Gasteiger partial charge in [0.1, 0.15) is 17.5 Å². The molecule has 4 aromatic heterocycles. The van der Waals surface area contributed by atoms with Crippen molar-refractivity contribution >= 4 is 115 Å². The molecule has 10 heteroatoms. The molecular weight excluding hydrogens is 734 g/mol. The zero-order chi connectivity index (χ0) is 39.3. The number of fused-ring (bicyclic) bond motifs is 8. The predicted molar refractivity (Wildman–Crippen MR) is 246 cm³/mol. The molecule has 5 aromatic carbocycles. The topological polar surface area (TPSA) is 64.5 Å². The summed E-state index contributed by atoms with van der Waals surface area (Å²) in [6, 6.07) is 58.1. The number of rotatable bonds is 4. The van der Waals surface area contributed by atoms with Gasteiger partial charge in [-0.2, -0.15) is 0 Å². The third kappa shape index (κ3) is 4.58. The highest BCUT2D eigenvalue weighted by atomic mass is 15.3. The fraction of sp³-hybridized carbons (Fsp3) is 0. The molecule has 278 valence electrons. The van der Waals surface area contributed by atoms with Crippen LogP contribution in [0.15, 0.2) is 195 Å². The average Bonchev–Trinajstić information content (AvgIpc) is 3.32. The Labute approximate surface area is 347 Å². The molecule has 0 radical (unpaired) electrons. The zero-order valence-electron chi connectivity index (χ0n) is 32.2. The largest absolute Gasteiger partial charge is 0.311 e. The van der Waals surface area contributed by atoms with Crippen LogP contribution in [0.3, 0.4) is 0 Å². The van der Waals surface area contributed by atoms with Gasteiger partial charge in [0.15, 0.2) is 0 Å². The van der Waals surface area contributed by atoms with Crippen LogP contribution in [0.1, 0.15) is 0 Å². The minimum absolute atomic E-state index is 0.148. The summed E-state index contributed by atoms with van der Waals surface area (Å²) in [5.41, 5.74) is 16.6. The summed E-state index contributed by atoms with van der Waals surface area (Å²) in [5, 5.41) is 0. The van der Waals surface area contributed by atoms with Gasteiger partial charge in [-0.05, 0) is 112 Å². The van der Waals surface area contributed by atoms with E-state index in [0.29, 0.717) is 0 Å². The first-order valence-electron chi connectivity index (χ1n) is 20.3. The second kappa shape index (κ2) is 12.8. The smallest absolute Gasteiger partial charge is 0.256 e. The van der Waals surface area contributed by atoms with Crippen molar-refractivity contribution in [1.29, 1.82) is 0 Å². The zero-order valence-corrected chi connectivity index (χ0v) is 32.2. The van der Waals surface area contributed by atoms with Crippen LogP contribution in [0.2, 0.25) is 0 Å². The number of hydrogen-bond donors (Lipinski definition) is 0. The van der Waals surface area contributed by atoms with Crippen LogP contribution in [-0.2, 0) is 0 Å². The second-order valence-electron chi connectivity index (χ2n) is 15.5. The first-order chi connectivity index (χ1) is 29.8. The molecule has 0 fully saturated rings. The van der Waals surface area contributed by atoms with Crippen molar-refractivity contribution in [2.24, 2.45) is 0 Å². The Morgan fingerprint density at radius 2 is 0.767 bits per heavy atom. The molecule has 8 nitrogen and oxygen atoms in total. The quantitative estimate of drug-likeness (QED) is 0.172. The lowest BCUT2D eigenvalue weighted by atomic mass is 9.30. The number of para-hydroxylation sites is 4. The molecule has 0 aliphatic carbocycles. The van der Waals surface area contributed by atoms with Gasteiger partial charge in [-0.15, -0.1) is 0 Å². The van der Waals surface area contributed by atoms with Crippen LogP contribution in [0.25, 0.3) is 0 Å². The Morgan fingerprint density at radius 3 is 1.35 bits per heavy atom. The van der Waals surface area contributed by atoms with Gasteiger partial charge in [0.25, 0.3) is 13.4 Å². The van der Waals surface area contributed by atoms with Gasteiger partial charge in [0, 0.05) is 82.2 Å². The van der Waals surface area contributed by atoms with E-state index in [1.54, 1.807) is 0 Å². The molecule has 8 heterocycles. The molecule has 0 unspecified atom stereocenters. The molecule has 0 amide bonds. The second-order valence-corrected chi connectivity index (χ2v) is 15.5. The third-order valence-electron chi connectivity index (χ3n) is 12.4. The van der Waals surface area contributed by atoms with Crippen molar-refractivity contribution in [3.05, 3.63) is 195 Å². The highest BCUT2D eigenvalue weighted by molar-refractivity contribution is 7.03. The molecule has 0 saturated carbocycles. The van der Waals surface area contributed by atoms with Gasteiger partial charge >= 0.3 is 0 Å². The molecule has 4 aliphatic rings. The van der Waals surface area contributed by atoms with Gasteiger partial charge in [-0.3, -0.25) is 19.7 Å². The van der Waals surface area contributed by atoms with E-state index in [4.69, 9.17) is 19.9 Å². The first-order valence-corrected chi connectivity index (χ1v) is 20.3. The standard InChI is InChI=1S/C50H32B2N8/c1-5-14-33(15-6-1)57-42-24-28-55-49-46(42)52(40-32-53-27-23-41(40)58(49)34-16-7-2-8-17-34)38-30-39-45(31-44(38)57)60(36-20-11-4-12-21-36)50-47-43(25-29-56-50)59(35-18-9-3-10-19-35)48-37(51(39)47)22-13-26-54-48/h1-32H. The molecular formula is C50H32B2N8. The van der Waals surface area contributed by atoms with Crippen molar-refractivity contribution < 1.29 is 0 Å². The molecule has 0 N–H and O–H groups in total. The van der Waals surface area contributed by atoms with E-state index in [9.17, 15) is 0 Å². The molecule has 60 heavy (non-hydrogen) atoms. The fourth-order valence-corrected chi connectivity index (χ4v) is 10.1. The molecule has 13 rings (SSSR count). The maximum Gasteiger partial charge on any atom is 0.256 e. The Balaban J connectivity index is 1.14. The maximum absolute atomic E-state index is 5.26. The van der Waals surface area contributed by atoms with Gasteiger partial charge in [0.2, 0.25) is 0 Å². The van der Waals surface area contributed by atoms with Gasteiger partial charge in [-0.1, -0.05) is 84.9 Å². The van der Waals surface area contributed by atoms with E-state index in [2.05, 4.69) is 190 Å². The minimum Gasteiger partial charge on any atom is -0.311 e. The van der Waals surface area contributed by atoms with Crippen molar-refractivity contribution in [1.82, 2.24) is 19.9 Å². The highest BCUT2D eigenvalue weighted by Gasteiger charge is 2.49. The van der Waals surface area contributed by atoms with E-state index in [-0.39, 0.29) is 13.4 Å². The summed E-state index contributed by atoms with van der Waals surface area (Å²) in [4.78, 5) is 29.8. The number of anilines is 12. The Kier molecular flexibility index (Phi) is 7.03. The van der Waals surface area contributed by atoms with E-state index < -0.39 is 0 Å².